The third-order valence-electron chi connectivity index (χ3n) is 7.09. The molecule has 0 saturated carbocycles. The van der Waals surface area contributed by atoms with Crippen LogP contribution in [0.15, 0.2) is 48.5 Å². The second-order valence-corrected chi connectivity index (χ2v) is 12.4. The van der Waals surface area contributed by atoms with E-state index < -0.39 is 30.1 Å². The highest BCUT2D eigenvalue weighted by molar-refractivity contribution is 7.99. The second-order valence-electron chi connectivity index (χ2n) is 11.2. The van der Waals surface area contributed by atoms with Crippen LogP contribution in [0.4, 0.5) is 9.59 Å². The van der Waals surface area contributed by atoms with Crippen LogP contribution in [0.3, 0.4) is 0 Å². The number of amides is 3. The number of hydrogen-bond acceptors (Lipinski definition) is 8. The molecule has 2 N–H and O–H groups in total. The molecular formula is C31H39N3O7S. The summed E-state index contributed by atoms with van der Waals surface area (Å²) in [5, 5.41) is 5.51. The maximum Gasteiger partial charge on any atom is 0.411 e. The summed E-state index contributed by atoms with van der Waals surface area (Å²) in [4.78, 5) is 50.6. The highest BCUT2D eigenvalue weighted by Crippen LogP contribution is 2.44. The molecule has 0 aromatic heterocycles. The van der Waals surface area contributed by atoms with Gasteiger partial charge in [-0.15, -0.1) is 0 Å². The quantitative estimate of drug-likeness (QED) is 0.166. The molecule has 1 fully saturated rings. The number of nitrogens with zero attached hydrogens (tertiary/aromatic N) is 1. The second kappa shape index (κ2) is 14.4. The van der Waals surface area contributed by atoms with Gasteiger partial charge in [0.1, 0.15) is 18.2 Å². The fourth-order valence-electron chi connectivity index (χ4n) is 5.16. The average Bonchev–Trinajstić information content (AvgIpc) is 3.28. The minimum atomic E-state index is -0.855. The predicted molar refractivity (Wildman–Crippen MR) is 160 cm³/mol. The van der Waals surface area contributed by atoms with Crippen LogP contribution in [0, 0.1) is 0 Å². The summed E-state index contributed by atoms with van der Waals surface area (Å²) in [5.74, 6) is 0.943. The largest absolute Gasteiger partial charge is 0.448 e. The van der Waals surface area contributed by atoms with Crippen molar-refractivity contribution in [3.05, 3.63) is 59.7 Å². The molecule has 0 bridgehead atoms. The van der Waals surface area contributed by atoms with Crippen molar-refractivity contribution in [2.45, 2.75) is 63.8 Å². The summed E-state index contributed by atoms with van der Waals surface area (Å²) >= 11 is 1.62. The molecule has 1 aliphatic heterocycles. The standard InChI is InChI=1S/C31H39N3O7S/c1-31(2,3)41-30(38)34-16-17-42-19-26(34)28(36)32-15-9-8-14-27(40-20-35)33-29(37)39-18-25-23-12-6-4-10-21(23)22-11-5-7-13-24(22)25/h4-7,10-13,20,25-27H,8-9,14-19H2,1-3H3,(H,32,36)(H,33,37). The molecule has 2 aromatic carbocycles. The Morgan fingerprint density at radius 2 is 1.71 bits per heavy atom. The van der Waals surface area contributed by atoms with Gasteiger partial charge in [0, 0.05) is 36.9 Å². The van der Waals surface area contributed by atoms with E-state index in [9.17, 15) is 19.2 Å². The summed E-state index contributed by atoms with van der Waals surface area (Å²) in [7, 11) is 0. The summed E-state index contributed by atoms with van der Waals surface area (Å²) in [5.41, 5.74) is 3.84. The lowest BCUT2D eigenvalue weighted by Gasteiger charge is -2.35. The zero-order chi connectivity index (χ0) is 30.1. The van der Waals surface area contributed by atoms with E-state index in [0.717, 1.165) is 28.0 Å². The van der Waals surface area contributed by atoms with Gasteiger partial charge in [-0.3, -0.25) is 19.8 Å². The number of hydrogen-bond donors (Lipinski definition) is 2. The fraction of sp³-hybridized carbons (Fsp3) is 0.484. The zero-order valence-electron chi connectivity index (χ0n) is 24.3. The van der Waals surface area contributed by atoms with Crippen molar-refractivity contribution in [1.82, 2.24) is 15.5 Å². The van der Waals surface area contributed by atoms with Crippen LogP contribution in [0.5, 0.6) is 0 Å². The van der Waals surface area contributed by atoms with Crippen molar-refractivity contribution in [1.29, 1.82) is 0 Å². The molecule has 0 radical (unpaired) electrons. The highest BCUT2D eigenvalue weighted by Gasteiger charge is 2.35. The van der Waals surface area contributed by atoms with Crippen molar-refractivity contribution in [3.8, 4) is 11.1 Å². The monoisotopic (exact) mass is 597 g/mol. The van der Waals surface area contributed by atoms with E-state index in [4.69, 9.17) is 14.2 Å². The molecule has 3 amide bonds. The molecule has 10 nitrogen and oxygen atoms in total. The SMILES string of the molecule is CC(C)(C)OC(=O)N1CCSCC1C(=O)NCCCCC(NC(=O)OCC1c2ccccc2-c2ccccc21)OC=O. The van der Waals surface area contributed by atoms with Crippen LogP contribution >= 0.6 is 11.8 Å². The molecule has 226 valence electrons. The lowest BCUT2D eigenvalue weighted by atomic mass is 9.98. The maximum absolute atomic E-state index is 12.8. The van der Waals surface area contributed by atoms with Crippen LogP contribution in [-0.4, -0.2) is 78.5 Å². The Bertz CT molecular complexity index is 1220. The molecule has 0 spiro atoms. The summed E-state index contributed by atoms with van der Waals surface area (Å²) in [6.45, 7) is 6.65. The third-order valence-corrected chi connectivity index (χ3v) is 8.12. The van der Waals surface area contributed by atoms with E-state index in [2.05, 4.69) is 22.8 Å². The van der Waals surface area contributed by atoms with Crippen molar-refractivity contribution in [3.63, 3.8) is 0 Å². The minimum Gasteiger partial charge on any atom is -0.448 e. The Kier molecular flexibility index (Phi) is 10.7. The number of alkyl carbamates (subject to hydrolysis) is 1. The molecule has 1 saturated heterocycles. The van der Waals surface area contributed by atoms with E-state index in [1.807, 2.05) is 36.4 Å². The maximum atomic E-state index is 12.8. The first-order valence-electron chi connectivity index (χ1n) is 14.2. The third kappa shape index (κ3) is 8.18. The molecule has 1 heterocycles. The van der Waals surface area contributed by atoms with Gasteiger partial charge >= 0.3 is 12.2 Å². The highest BCUT2D eigenvalue weighted by atomic mass is 32.2. The number of rotatable bonds is 11. The number of thioether (sulfide) groups is 1. The average molecular weight is 598 g/mol. The fourth-order valence-corrected chi connectivity index (χ4v) is 6.20. The van der Waals surface area contributed by atoms with Crippen molar-refractivity contribution >= 4 is 36.3 Å². The first-order valence-corrected chi connectivity index (χ1v) is 15.4. The van der Waals surface area contributed by atoms with Crippen LogP contribution in [-0.2, 0) is 23.8 Å². The van der Waals surface area contributed by atoms with Gasteiger partial charge in [-0.25, -0.2) is 9.59 Å². The van der Waals surface area contributed by atoms with Crippen LogP contribution in [0.25, 0.3) is 11.1 Å². The number of unbranched alkanes of at least 4 members (excludes halogenated alkanes) is 1. The lowest BCUT2D eigenvalue weighted by molar-refractivity contribution is -0.135. The van der Waals surface area contributed by atoms with E-state index >= 15 is 0 Å². The van der Waals surface area contributed by atoms with Gasteiger partial charge in [-0.1, -0.05) is 48.5 Å². The molecule has 2 atom stereocenters. The Morgan fingerprint density at radius 3 is 2.36 bits per heavy atom. The van der Waals surface area contributed by atoms with Gasteiger partial charge in [0.15, 0.2) is 6.23 Å². The van der Waals surface area contributed by atoms with Gasteiger partial charge < -0.3 is 19.5 Å². The number of carbonyl (C=O) groups is 4. The molecule has 42 heavy (non-hydrogen) atoms. The van der Waals surface area contributed by atoms with Crippen LogP contribution in [0.2, 0.25) is 0 Å². The molecule has 2 unspecified atom stereocenters. The molecular weight excluding hydrogens is 558 g/mol. The predicted octanol–water partition coefficient (Wildman–Crippen LogP) is 4.66. The number of benzene rings is 2. The topological polar surface area (TPSA) is 123 Å². The minimum absolute atomic E-state index is 0.0778. The molecule has 1 aliphatic carbocycles. The van der Waals surface area contributed by atoms with Crippen molar-refractivity contribution in [2.75, 3.05) is 31.2 Å². The Labute approximate surface area is 250 Å². The molecule has 11 heteroatoms. The first kappa shape index (κ1) is 31.2. The van der Waals surface area contributed by atoms with Gasteiger partial charge in [-0.05, 0) is 55.9 Å². The number of carbonyl (C=O) groups excluding carboxylic acids is 4. The van der Waals surface area contributed by atoms with Gasteiger partial charge in [0.05, 0.1) is 0 Å². The van der Waals surface area contributed by atoms with E-state index in [-0.39, 0.29) is 18.4 Å². The van der Waals surface area contributed by atoms with Crippen LogP contribution < -0.4 is 10.6 Å². The zero-order valence-corrected chi connectivity index (χ0v) is 25.1. The van der Waals surface area contributed by atoms with E-state index in [1.165, 1.54) is 4.90 Å². The summed E-state index contributed by atoms with van der Waals surface area (Å²) in [6, 6.07) is 15.5. The molecule has 2 aliphatic rings. The normalized spacial score (nSPS) is 16.9. The van der Waals surface area contributed by atoms with E-state index in [1.54, 1.807) is 32.5 Å². The Balaban J connectivity index is 1.20. The Morgan fingerprint density at radius 1 is 1.05 bits per heavy atom. The van der Waals surface area contributed by atoms with Crippen molar-refractivity contribution in [2.24, 2.45) is 0 Å². The number of nitrogens with one attached hydrogen (secondary N) is 2. The smallest absolute Gasteiger partial charge is 0.411 e. The lowest BCUT2D eigenvalue weighted by Crippen LogP contribution is -2.55. The molecule has 4 rings (SSSR count). The van der Waals surface area contributed by atoms with E-state index in [0.29, 0.717) is 44.6 Å². The molecule has 2 aromatic rings. The van der Waals surface area contributed by atoms with Crippen molar-refractivity contribution < 1.29 is 33.4 Å². The number of fused-ring (bicyclic) bond motifs is 3. The Hall–Kier alpha value is -3.73. The van der Waals surface area contributed by atoms with Gasteiger partial charge in [0.25, 0.3) is 6.47 Å². The summed E-state index contributed by atoms with van der Waals surface area (Å²) in [6.07, 6.45) is -0.514. The number of ether oxygens (including phenoxy) is 3. The summed E-state index contributed by atoms with van der Waals surface area (Å²) < 4.78 is 16.1. The van der Waals surface area contributed by atoms with Gasteiger partial charge in [-0.2, -0.15) is 11.8 Å². The van der Waals surface area contributed by atoms with Gasteiger partial charge in [0.2, 0.25) is 5.91 Å². The van der Waals surface area contributed by atoms with Crippen LogP contribution in [0.1, 0.15) is 57.1 Å². The first-order chi connectivity index (χ1) is 20.2.